The highest BCUT2D eigenvalue weighted by Crippen LogP contribution is 2.12. The Morgan fingerprint density at radius 2 is 1.57 bits per heavy atom. The maximum Gasteiger partial charge on any atom is 0.0345 e. The van der Waals surface area contributed by atoms with E-state index in [0.717, 1.165) is 12.6 Å². The van der Waals surface area contributed by atoms with Gasteiger partial charge in [0.15, 0.2) is 0 Å². The third kappa shape index (κ3) is 8.18. The van der Waals surface area contributed by atoms with E-state index < -0.39 is 0 Å². The summed E-state index contributed by atoms with van der Waals surface area (Å²) in [5, 5.41) is 3.89. The van der Waals surface area contributed by atoms with Crippen molar-refractivity contribution in [3.05, 3.63) is 0 Å². The smallest absolute Gasteiger partial charge is 0.0345 e. The fraction of sp³-hybridized carbons (Fsp3) is 1.00. The molecule has 0 bridgehead atoms. The van der Waals surface area contributed by atoms with E-state index in [1.807, 2.05) is 0 Å². The lowest BCUT2D eigenvalue weighted by atomic mass is 10.0. The molecule has 0 radical (unpaired) electrons. The number of piperazine rings is 1. The summed E-state index contributed by atoms with van der Waals surface area (Å²) in [6.07, 6.45) is 10.9. The summed E-state index contributed by atoms with van der Waals surface area (Å²) < 4.78 is 0. The minimum absolute atomic E-state index is 0.684. The summed E-state index contributed by atoms with van der Waals surface area (Å²) in [6, 6.07) is 1.42. The molecule has 1 heterocycles. The highest BCUT2D eigenvalue weighted by atomic mass is 15.3. The first kappa shape index (κ1) is 18.9. The van der Waals surface area contributed by atoms with Crippen LogP contribution in [0.3, 0.4) is 0 Å². The molecule has 1 rings (SSSR count). The molecule has 21 heavy (non-hydrogen) atoms. The second-order valence-electron chi connectivity index (χ2n) is 6.99. The first-order valence-electron chi connectivity index (χ1n) is 9.29. The van der Waals surface area contributed by atoms with Gasteiger partial charge in [0.05, 0.1) is 0 Å². The summed E-state index contributed by atoms with van der Waals surface area (Å²) in [7, 11) is 4.53. The first-order valence-corrected chi connectivity index (χ1v) is 9.29. The fourth-order valence-corrected chi connectivity index (χ4v) is 3.25. The monoisotopic (exact) mass is 297 g/mol. The molecule has 126 valence electrons. The molecule has 3 nitrogen and oxygen atoms in total. The van der Waals surface area contributed by atoms with Crippen LogP contribution in [0.15, 0.2) is 0 Å². The number of rotatable bonds is 11. The Morgan fingerprint density at radius 3 is 2.14 bits per heavy atom. The van der Waals surface area contributed by atoms with Gasteiger partial charge in [0.25, 0.3) is 0 Å². The van der Waals surface area contributed by atoms with Crippen LogP contribution in [0, 0.1) is 0 Å². The lowest BCUT2D eigenvalue weighted by Gasteiger charge is -2.38. The molecular formula is C18H39N3. The summed E-state index contributed by atoms with van der Waals surface area (Å²) in [6.45, 7) is 9.38. The number of likely N-dealkylation sites (N-methyl/N-ethyl adjacent to an activating group) is 2. The standard InChI is InChI=1S/C18H39N3/c1-5-7-9-11-17(12-10-8-6-2)19-15-18-16-20(3)13-14-21(18)4/h17-19H,5-16H2,1-4H3. The second-order valence-corrected chi connectivity index (χ2v) is 6.99. The summed E-state index contributed by atoms with van der Waals surface area (Å²) in [4.78, 5) is 5.00. The molecule has 1 aliphatic heterocycles. The van der Waals surface area contributed by atoms with E-state index in [0.29, 0.717) is 6.04 Å². The van der Waals surface area contributed by atoms with Gasteiger partial charge in [0.2, 0.25) is 0 Å². The van der Waals surface area contributed by atoms with E-state index in [1.165, 1.54) is 71.0 Å². The third-order valence-electron chi connectivity index (χ3n) is 4.93. The fourth-order valence-electron chi connectivity index (χ4n) is 3.25. The van der Waals surface area contributed by atoms with Crippen LogP contribution in [-0.4, -0.2) is 62.2 Å². The van der Waals surface area contributed by atoms with Gasteiger partial charge in [-0.05, 0) is 26.9 Å². The molecule has 1 atom stereocenters. The number of hydrogen-bond acceptors (Lipinski definition) is 3. The maximum absolute atomic E-state index is 3.89. The molecule has 3 heteroatoms. The second kappa shape index (κ2) is 11.4. The van der Waals surface area contributed by atoms with Gasteiger partial charge in [-0.25, -0.2) is 0 Å². The molecule has 0 aliphatic carbocycles. The zero-order valence-corrected chi connectivity index (χ0v) is 15.0. The Morgan fingerprint density at radius 1 is 0.952 bits per heavy atom. The SMILES string of the molecule is CCCCCC(CCCCC)NCC1CN(C)CCN1C. The van der Waals surface area contributed by atoms with Gasteiger partial charge >= 0.3 is 0 Å². The van der Waals surface area contributed by atoms with Crippen molar-refractivity contribution in [1.82, 2.24) is 15.1 Å². The van der Waals surface area contributed by atoms with Gasteiger partial charge < -0.3 is 10.2 Å². The van der Waals surface area contributed by atoms with Crippen LogP contribution in [0.1, 0.15) is 65.2 Å². The van der Waals surface area contributed by atoms with E-state index in [-0.39, 0.29) is 0 Å². The molecule has 0 saturated carbocycles. The van der Waals surface area contributed by atoms with E-state index >= 15 is 0 Å². The molecule has 0 amide bonds. The summed E-state index contributed by atoms with van der Waals surface area (Å²) >= 11 is 0. The van der Waals surface area contributed by atoms with Crippen LogP contribution in [0.4, 0.5) is 0 Å². The van der Waals surface area contributed by atoms with Crippen molar-refractivity contribution >= 4 is 0 Å². The van der Waals surface area contributed by atoms with Crippen LogP contribution in [0.2, 0.25) is 0 Å². The predicted octanol–water partition coefficient (Wildman–Crippen LogP) is 3.35. The van der Waals surface area contributed by atoms with Crippen molar-refractivity contribution in [2.75, 3.05) is 40.3 Å². The van der Waals surface area contributed by atoms with Gasteiger partial charge in [-0.1, -0.05) is 52.4 Å². The van der Waals surface area contributed by atoms with Gasteiger partial charge in [0.1, 0.15) is 0 Å². The molecule has 1 saturated heterocycles. The predicted molar refractivity (Wildman–Crippen MR) is 94.0 cm³/mol. The molecule has 0 aromatic carbocycles. The van der Waals surface area contributed by atoms with Crippen LogP contribution >= 0.6 is 0 Å². The van der Waals surface area contributed by atoms with Gasteiger partial charge in [-0.3, -0.25) is 4.90 Å². The molecule has 0 spiro atoms. The first-order chi connectivity index (χ1) is 10.2. The lowest BCUT2D eigenvalue weighted by molar-refractivity contribution is 0.110. The van der Waals surface area contributed by atoms with E-state index in [2.05, 4.69) is 43.1 Å². The zero-order chi connectivity index (χ0) is 15.5. The minimum atomic E-state index is 0.684. The molecule has 1 N–H and O–H groups in total. The van der Waals surface area contributed by atoms with Crippen molar-refractivity contribution in [3.8, 4) is 0 Å². The average molecular weight is 298 g/mol. The summed E-state index contributed by atoms with van der Waals surface area (Å²) in [5.74, 6) is 0. The van der Waals surface area contributed by atoms with Crippen LogP contribution < -0.4 is 5.32 Å². The Bertz CT molecular complexity index is 235. The third-order valence-corrected chi connectivity index (χ3v) is 4.93. The molecular weight excluding hydrogens is 258 g/mol. The van der Waals surface area contributed by atoms with Crippen LogP contribution in [0.25, 0.3) is 0 Å². The largest absolute Gasteiger partial charge is 0.312 e. The quantitative estimate of drug-likeness (QED) is 0.590. The number of nitrogens with one attached hydrogen (secondary N) is 1. The van der Waals surface area contributed by atoms with Crippen molar-refractivity contribution < 1.29 is 0 Å². The van der Waals surface area contributed by atoms with Crippen LogP contribution in [-0.2, 0) is 0 Å². The van der Waals surface area contributed by atoms with Crippen LogP contribution in [0.5, 0.6) is 0 Å². The topological polar surface area (TPSA) is 18.5 Å². The molecule has 1 fully saturated rings. The Labute approximate surface area is 133 Å². The van der Waals surface area contributed by atoms with Crippen molar-refractivity contribution in [1.29, 1.82) is 0 Å². The number of nitrogens with zero attached hydrogens (tertiary/aromatic N) is 2. The van der Waals surface area contributed by atoms with Gasteiger partial charge in [0, 0.05) is 38.3 Å². The maximum atomic E-state index is 3.89. The molecule has 0 aromatic heterocycles. The van der Waals surface area contributed by atoms with E-state index in [4.69, 9.17) is 0 Å². The number of hydrogen-bond donors (Lipinski definition) is 1. The zero-order valence-electron chi connectivity index (χ0n) is 15.0. The Hall–Kier alpha value is -0.120. The highest BCUT2D eigenvalue weighted by Gasteiger charge is 2.22. The van der Waals surface area contributed by atoms with Gasteiger partial charge in [-0.15, -0.1) is 0 Å². The Kier molecular flexibility index (Phi) is 10.3. The summed E-state index contributed by atoms with van der Waals surface area (Å²) in [5.41, 5.74) is 0. The average Bonchev–Trinajstić information content (AvgIpc) is 2.47. The molecule has 0 aromatic rings. The molecule has 1 unspecified atom stereocenters. The minimum Gasteiger partial charge on any atom is -0.312 e. The molecule has 1 aliphatic rings. The highest BCUT2D eigenvalue weighted by molar-refractivity contribution is 4.82. The normalized spacial score (nSPS) is 21.3. The van der Waals surface area contributed by atoms with Crippen molar-refractivity contribution in [2.45, 2.75) is 77.3 Å². The van der Waals surface area contributed by atoms with Crippen molar-refractivity contribution in [2.24, 2.45) is 0 Å². The lowest BCUT2D eigenvalue weighted by Crippen LogP contribution is -2.54. The van der Waals surface area contributed by atoms with E-state index in [9.17, 15) is 0 Å². The number of unbranched alkanes of at least 4 members (excludes halogenated alkanes) is 4. The van der Waals surface area contributed by atoms with Gasteiger partial charge in [-0.2, -0.15) is 0 Å². The Balaban J connectivity index is 2.31. The van der Waals surface area contributed by atoms with E-state index in [1.54, 1.807) is 0 Å². The van der Waals surface area contributed by atoms with Crippen molar-refractivity contribution in [3.63, 3.8) is 0 Å².